The summed E-state index contributed by atoms with van der Waals surface area (Å²) in [5, 5.41) is 14.7. The molecule has 4 nitrogen and oxygen atoms in total. The summed E-state index contributed by atoms with van der Waals surface area (Å²) in [6.45, 7) is -0.0732. The zero-order valence-corrected chi connectivity index (χ0v) is 9.37. The van der Waals surface area contributed by atoms with Crippen molar-refractivity contribution in [3.8, 4) is 0 Å². The van der Waals surface area contributed by atoms with Crippen LogP contribution in [0.5, 0.6) is 0 Å². The molecule has 2 heterocycles. The molecule has 0 aromatic carbocycles. The number of aliphatic carboxylic acids is 1. The van der Waals surface area contributed by atoms with Crippen molar-refractivity contribution in [1.29, 1.82) is 0 Å². The molecule has 68 valence electrons. The number of carboxylic acid groups (broad SMARTS) is 1. The lowest BCUT2D eigenvalue weighted by Gasteiger charge is -1.94. The minimum atomic E-state index is -0.869. The smallest absolute Gasteiger partial charge is 0.325 e. The number of aromatic nitrogens is 2. The Hall–Kier alpha value is -0.630. The van der Waals surface area contributed by atoms with E-state index in [2.05, 4.69) is 27.7 Å². The molecule has 2 rings (SSSR count). The Morgan fingerprint density at radius 2 is 2.54 bits per heavy atom. The molecule has 0 aliphatic heterocycles. The monoisotopic (exact) mass is 308 g/mol. The number of nitrogens with zero attached hydrogens (tertiary/aromatic N) is 2. The first-order chi connectivity index (χ1) is 6.18. The first kappa shape index (κ1) is 8.95. The molecular formula is C7H5IN2O2S. The van der Waals surface area contributed by atoms with Gasteiger partial charge in [0, 0.05) is 0 Å². The molecule has 0 saturated carbocycles. The maximum atomic E-state index is 10.5. The van der Waals surface area contributed by atoms with E-state index >= 15 is 0 Å². The molecule has 1 N–H and O–H groups in total. The standard InChI is InChI=1S/C7H5IN2O2S/c8-7-6-4(1-2-13-6)10(9-7)3-5(11)12/h1-2H,3H2,(H,11,12). The van der Waals surface area contributed by atoms with Crippen molar-refractivity contribution in [1.82, 2.24) is 9.78 Å². The Bertz CT molecular complexity index is 462. The number of rotatable bonds is 2. The van der Waals surface area contributed by atoms with Gasteiger partial charge in [-0.3, -0.25) is 9.48 Å². The van der Waals surface area contributed by atoms with E-state index in [0.29, 0.717) is 0 Å². The van der Waals surface area contributed by atoms with Gasteiger partial charge in [0.1, 0.15) is 10.2 Å². The predicted octanol–water partition coefficient (Wildman–Crippen LogP) is 1.79. The highest BCUT2D eigenvalue weighted by Crippen LogP contribution is 2.25. The van der Waals surface area contributed by atoms with Gasteiger partial charge >= 0.3 is 5.97 Å². The van der Waals surface area contributed by atoms with Crippen LogP contribution in [0.4, 0.5) is 0 Å². The number of halogens is 1. The molecule has 0 aliphatic rings. The predicted molar refractivity (Wildman–Crippen MR) is 58.0 cm³/mol. The second kappa shape index (κ2) is 3.26. The van der Waals surface area contributed by atoms with Crippen LogP contribution in [-0.2, 0) is 11.3 Å². The lowest BCUT2D eigenvalue weighted by Crippen LogP contribution is -2.09. The molecule has 2 aromatic rings. The van der Waals surface area contributed by atoms with Crippen molar-refractivity contribution in [2.75, 3.05) is 0 Å². The molecule has 0 aliphatic carbocycles. The lowest BCUT2D eigenvalue weighted by molar-refractivity contribution is -0.137. The fourth-order valence-corrected chi connectivity index (χ4v) is 2.80. The summed E-state index contributed by atoms with van der Waals surface area (Å²) in [6, 6.07) is 1.89. The maximum Gasteiger partial charge on any atom is 0.325 e. The Labute approximate surface area is 91.3 Å². The van der Waals surface area contributed by atoms with E-state index in [-0.39, 0.29) is 6.54 Å². The van der Waals surface area contributed by atoms with Crippen LogP contribution >= 0.6 is 33.9 Å². The highest BCUT2D eigenvalue weighted by molar-refractivity contribution is 14.1. The third kappa shape index (κ3) is 1.55. The van der Waals surface area contributed by atoms with Crippen molar-refractivity contribution < 1.29 is 9.90 Å². The van der Waals surface area contributed by atoms with Gasteiger partial charge in [-0.15, -0.1) is 11.3 Å². The van der Waals surface area contributed by atoms with E-state index in [0.717, 1.165) is 13.9 Å². The van der Waals surface area contributed by atoms with Crippen LogP contribution in [0.1, 0.15) is 0 Å². The fourth-order valence-electron chi connectivity index (χ4n) is 1.11. The Balaban J connectivity index is 2.55. The van der Waals surface area contributed by atoms with Gasteiger partial charge in [-0.05, 0) is 34.0 Å². The van der Waals surface area contributed by atoms with Crippen molar-refractivity contribution in [3.63, 3.8) is 0 Å². The van der Waals surface area contributed by atoms with Crippen LogP contribution in [0.2, 0.25) is 0 Å². The van der Waals surface area contributed by atoms with Crippen LogP contribution in [0.15, 0.2) is 11.4 Å². The van der Waals surface area contributed by atoms with E-state index in [9.17, 15) is 4.79 Å². The van der Waals surface area contributed by atoms with Crippen molar-refractivity contribution in [3.05, 3.63) is 15.1 Å². The summed E-state index contributed by atoms with van der Waals surface area (Å²) < 4.78 is 3.43. The van der Waals surface area contributed by atoms with Gasteiger partial charge in [-0.2, -0.15) is 5.10 Å². The van der Waals surface area contributed by atoms with Gasteiger partial charge in [-0.25, -0.2) is 0 Å². The number of carboxylic acids is 1. The maximum absolute atomic E-state index is 10.5. The number of hydrogen-bond acceptors (Lipinski definition) is 3. The summed E-state index contributed by atoms with van der Waals surface area (Å²) >= 11 is 3.69. The zero-order valence-electron chi connectivity index (χ0n) is 6.40. The number of carbonyl (C=O) groups is 1. The van der Waals surface area contributed by atoms with E-state index in [1.807, 2.05) is 11.4 Å². The van der Waals surface area contributed by atoms with Gasteiger partial charge in [0.25, 0.3) is 0 Å². The van der Waals surface area contributed by atoms with Gasteiger partial charge in [0.05, 0.1) is 10.2 Å². The van der Waals surface area contributed by atoms with Crippen LogP contribution in [0, 0.1) is 3.70 Å². The molecule has 0 atom stereocenters. The minimum absolute atomic E-state index is 0.0732. The molecular weight excluding hydrogens is 303 g/mol. The van der Waals surface area contributed by atoms with Crippen LogP contribution in [0.25, 0.3) is 10.2 Å². The average molecular weight is 308 g/mol. The van der Waals surface area contributed by atoms with Crippen molar-refractivity contribution in [2.45, 2.75) is 6.54 Å². The molecule has 6 heteroatoms. The van der Waals surface area contributed by atoms with Crippen LogP contribution in [0.3, 0.4) is 0 Å². The topological polar surface area (TPSA) is 55.1 Å². The summed E-state index contributed by atoms with van der Waals surface area (Å²) in [5.74, 6) is -0.869. The highest BCUT2D eigenvalue weighted by Gasteiger charge is 2.10. The van der Waals surface area contributed by atoms with Gasteiger partial charge < -0.3 is 5.11 Å². The highest BCUT2D eigenvalue weighted by atomic mass is 127. The molecule has 0 fully saturated rings. The third-order valence-corrected chi connectivity index (χ3v) is 3.63. The van der Waals surface area contributed by atoms with Crippen molar-refractivity contribution >= 4 is 50.1 Å². The number of thiophene rings is 1. The Kier molecular flexibility index (Phi) is 2.24. The number of hydrogen-bond donors (Lipinski definition) is 1. The van der Waals surface area contributed by atoms with E-state index in [1.54, 1.807) is 11.3 Å². The Morgan fingerprint density at radius 3 is 3.23 bits per heavy atom. The molecule has 0 unspecified atom stereocenters. The summed E-state index contributed by atoms with van der Waals surface area (Å²) in [6.07, 6.45) is 0. The van der Waals surface area contributed by atoms with Gasteiger partial charge in [0.15, 0.2) is 0 Å². The summed E-state index contributed by atoms with van der Waals surface area (Å²) in [7, 11) is 0. The molecule has 2 aromatic heterocycles. The molecule has 0 saturated heterocycles. The molecule has 0 amide bonds. The SMILES string of the molecule is O=C(O)Cn1nc(I)c2sccc21. The largest absolute Gasteiger partial charge is 0.480 e. The van der Waals surface area contributed by atoms with E-state index in [4.69, 9.17) is 5.11 Å². The molecule has 0 spiro atoms. The number of fused-ring (bicyclic) bond motifs is 1. The average Bonchev–Trinajstić information content (AvgIpc) is 2.56. The lowest BCUT2D eigenvalue weighted by atomic mass is 10.5. The summed E-state index contributed by atoms with van der Waals surface area (Å²) in [5.41, 5.74) is 0.900. The van der Waals surface area contributed by atoms with Gasteiger partial charge in [-0.1, -0.05) is 0 Å². The van der Waals surface area contributed by atoms with E-state index < -0.39 is 5.97 Å². The summed E-state index contributed by atoms with van der Waals surface area (Å²) in [4.78, 5) is 10.5. The second-order valence-corrected chi connectivity index (χ2v) is 4.42. The fraction of sp³-hybridized carbons (Fsp3) is 0.143. The Morgan fingerprint density at radius 1 is 1.77 bits per heavy atom. The molecule has 13 heavy (non-hydrogen) atoms. The zero-order chi connectivity index (χ0) is 9.42. The minimum Gasteiger partial charge on any atom is -0.480 e. The normalized spacial score (nSPS) is 10.8. The third-order valence-electron chi connectivity index (χ3n) is 1.60. The van der Waals surface area contributed by atoms with Gasteiger partial charge in [0.2, 0.25) is 0 Å². The molecule has 0 bridgehead atoms. The van der Waals surface area contributed by atoms with E-state index in [1.165, 1.54) is 4.68 Å². The van der Waals surface area contributed by atoms with Crippen molar-refractivity contribution in [2.24, 2.45) is 0 Å². The van der Waals surface area contributed by atoms with Crippen LogP contribution < -0.4 is 0 Å². The second-order valence-electron chi connectivity index (χ2n) is 2.48. The van der Waals surface area contributed by atoms with Crippen LogP contribution in [-0.4, -0.2) is 20.9 Å². The molecule has 0 radical (unpaired) electrons. The quantitative estimate of drug-likeness (QED) is 0.861. The first-order valence-electron chi connectivity index (χ1n) is 3.50. The first-order valence-corrected chi connectivity index (χ1v) is 5.45.